The highest BCUT2D eigenvalue weighted by Crippen LogP contribution is 2.36. The van der Waals surface area contributed by atoms with Gasteiger partial charge in [-0.2, -0.15) is 0 Å². The summed E-state index contributed by atoms with van der Waals surface area (Å²) in [7, 11) is 0. The van der Waals surface area contributed by atoms with Crippen LogP contribution < -0.4 is 4.90 Å². The van der Waals surface area contributed by atoms with E-state index in [0.29, 0.717) is 21.2 Å². The molecular weight excluding hydrogens is 402 g/mol. The number of hydrogen-bond acceptors (Lipinski definition) is 7. The molecule has 2 saturated heterocycles. The fraction of sp³-hybridized carbons (Fsp3) is 0.389. The van der Waals surface area contributed by atoms with Crippen molar-refractivity contribution in [1.29, 1.82) is 0 Å². The SMILES string of the molecule is O=C(O)CCCN1C(=O)/C(=C\c2cc([N+](=O)[O-])ccc2N2CCCC2)SC1=S. The first-order valence-electron chi connectivity index (χ1n) is 8.87. The van der Waals surface area contributed by atoms with E-state index >= 15 is 0 Å². The molecule has 0 saturated carbocycles. The van der Waals surface area contributed by atoms with Gasteiger partial charge >= 0.3 is 5.97 Å². The minimum atomic E-state index is -0.923. The highest BCUT2D eigenvalue weighted by atomic mass is 32.2. The van der Waals surface area contributed by atoms with E-state index < -0.39 is 10.9 Å². The third-order valence-electron chi connectivity index (χ3n) is 4.60. The Kier molecular flexibility index (Phi) is 6.30. The average Bonchev–Trinajstić information content (AvgIpc) is 3.26. The van der Waals surface area contributed by atoms with E-state index in [2.05, 4.69) is 4.90 Å². The maximum atomic E-state index is 12.7. The summed E-state index contributed by atoms with van der Waals surface area (Å²) in [6.07, 6.45) is 4.03. The highest BCUT2D eigenvalue weighted by Gasteiger charge is 2.32. The number of carboxylic acids is 1. The number of nitro benzene ring substituents is 1. The number of hydrogen-bond donors (Lipinski definition) is 1. The molecule has 1 aromatic rings. The van der Waals surface area contributed by atoms with Gasteiger partial charge in [-0.1, -0.05) is 24.0 Å². The van der Waals surface area contributed by atoms with Crippen LogP contribution in [0.4, 0.5) is 11.4 Å². The molecular formula is C18H19N3O5S2. The zero-order valence-electron chi connectivity index (χ0n) is 15.0. The molecule has 8 nitrogen and oxygen atoms in total. The van der Waals surface area contributed by atoms with E-state index in [-0.39, 0.29) is 24.6 Å². The van der Waals surface area contributed by atoms with Gasteiger partial charge in [-0.15, -0.1) is 0 Å². The zero-order valence-corrected chi connectivity index (χ0v) is 16.6. The third kappa shape index (κ3) is 4.50. The number of benzene rings is 1. The van der Waals surface area contributed by atoms with Gasteiger partial charge in [0.15, 0.2) is 0 Å². The molecule has 1 aromatic carbocycles. The van der Waals surface area contributed by atoms with Gasteiger partial charge in [0, 0.05) is 49.4 Å². The second kappa shape index (κ2) is 8.70. The number of thioether (sulfide) groups is 1. The van der Waals surface area contributed by atoms with Gasteiger partial charge in [0.2, 0.25) is 0 Å². The number of nitro groups is 1. The van der Waals surface area contributed by atoms with E-state index in [1.807, 2.05) is 0 Å². The summed E-state index contributed by atoms with van der Waals surface area (Å²) in [5.74, 6) is -1.22. The Bertz CT molecular complexity index is 865. The molecule has 3 rings (SSSR count). The van der Waals surface area contributed by atoms with Crippen molar-refractivity contribution in [3.8, 4) is 0 Å². The molecule has 10 heteroatoms. The van der Waals surface area contributed by atoms with Gasteiger partial charge in [-0.3, -0.25) is 24.6 Å². The number of nitrogens with zero attached hydrogens (tertiary/aromatic N) is 3. The largest absolute Gasteiger partial charge is 0.481 e. The molecule has 0 atom stereocenters. The number of carbonyl (C=O) groups excluding carboxylic acids is 1. The number of carbonyl (C=O) groups is 2. The fourth-order valence-corrected chi connectivity index (χ4v) is 4.54. The molecule has 28 heavy (non-hydrogen) atoms. The number of thiocarbonyl (C=S) groups is 1. The predicted molar refractivity (Wildman–Crippen MR) is 111 cm³/mol. The van der Waals surface area contributed by atoms with Crippen molar-refractivity contribution in [3.05, 3.63) is 38.8 Å². The number of amides is 1. The van der Waals surface area contributed by atoms with Gasteiger partial charge in [0.1, 0.15) is 4.32 Å². The Hall–Kier alpha value is -2.46. The number of non-ortho nitro benzene ring substituents is 1. The van der Waals surface area contributed by atoms with Crippen molar-refractivity contribution in [2.75, 3.05) is 24.5 Å². The Morgan fingerprint density at radius 2 is 2.07 bits per heavy atom. The standard InChI is InChI=1S/C18H19N3O5S2/c22-16(23)4-3-9-20-17(24)15(28-18(20)27)11-12-10-13(21(25)26)5-6-14(12)19-7-1-2-8-19/h5-6,10-11H,1-4,7-9H2,(H,22,23)/b15-11+. The van der Waals surface area contributed by atoms with Crippen molar-refractivity contribution in [2.45, 2.75) is 25.7 Å². The minimum absolute atomic E-state index is 0.0360. The summed E-state index contributed by atoms with van der Waals surface area (Å²) in [5.41, 5.74) is 1.44. The lowest BCUT2D eigenvalue weighted by Gasteiger charge is -2.20. The van der Waals surface area contributed by atoms with Gasteiger partial charge in [0.05, 0.1) is 9.83 Å². The van der Waals surface area contributed by atoms with Crippen molar-refractivity contribution in [1.82, 2.24) is 4.90 Å². The zero-order chi connectivity index (χ0) is 20.3. The summed E-state index contributed by atoms with van der Waals surface area (Å²) < 4.78 is 0.370. The van der Waals surface area contributed by atoms with Crippen LogP contribution in [-0.2, 0) is 9.59 Å². The molecule has 1 N–H and O–H groups in total. The predicted octanol–water partition coefficient (Wildman–Crippen LogP) is 3.26. The topological polar surface area (TPSA) is 104 Å². The van der Waals surface area contributed by atoms with Crippen LogP contribution in [0, 0.1) is 10.1 Å². The number of aliphatic carboxylic acids is 1. The second-order valence-corrected chi connectivity index (χ2v) is 8.20. The van der Waals surface area contributed by atoms with Crippen LogP contribution in [0.15, 0.2) is 23.1 Å². The quantitative estimate of drug-likeness (QED) is 0.310. The normalized spacial score (nSPS) is 18.4. The van der Waals surface area contributed by atoms with Crippen molar-refractivity contribution < 1.29 is 19.6 Å². The lowest BCUT2D eigenvalue weighted by atomic mass is 10.1. The molecule has 2 aliphatic rings. The number of carboxylic acid groups (broad SMARTS) is 1. The molecule has 0 bridgehead atoms. The van der Waals surface area contributed by atoms with Gasteiger partial charge in [-0.25, -0.2) is 0 Å². The van der Waals surface area contributed by atoms with Crippen LogP contribution in [0.5, 0.6) is 0 Å². The smallest absolute Gasteiger partial charge is 0.303 e. The van der Waals surface area contributed by atoms with Gasteiger partial charge in [0.25, 0.3) is 11.6 Å². The van der Waals surface area contributed by atoms with E-state index in [9.17, 15) is 19.7 Å². The van der Waals surface area contributed by atoms with Crippen LogP contribution >= 0.6 is 24.0 Å². The summed E-state index contributed by atoms with van der Waals surface area (Å²) in [6.45, 7) is 1.98. The van der Waals surface area contributed by atoms with Crippen molar-refractivity contribution >= 4 is 57.6 Å². The summed E-state index contributed by atoms with van der Waals surface area (Å²) in [4.78, 5) is 38.0. The second-order valence-electron chi connectivity index (χ2n) is 6.53. The van der Waals surface area contributed by atoms with E-state index in [0.717, 1.165) is 43.4 Å². The van der Waals surface area contributed by atoms with Crippen molar-refractivity contribution in [3.63, 3.8) is 0 Å². The summed E-state index contributed by atoms with van der Waals surface area (Å²) in [6, 6.07) is 4.68. The van der Waals surface area contributed by atoms with E-state index in [1.165, 1.54) is 17.0 Å². The monoisotopic (exact) mass is 421 g/mol. The molecule has 2 heterocycles. The lowest BCUT2D eigenvalue weighted by Crippen LogP contribution is -2.29. The van der Waals surface area contributed by atoms with Crippen LogP contribution in [-0.4, -0.2) is 50.8 Å². The average molecular weight is 422 g/mol. The van der Waals surface area contributed by atoms with Crippen LogP contribution in [0.3, 0.4) is 0 Å². The minimum Gasteiger partial charge on any atom is -0.481 e. The Morgan fingerprint density at radius 1 is 1.36 bits per heavy atom. The summed E-state index contributed by atoms with van der Waals surface area (Å²) in [5, 5.41) is 19.9. The first-order chi connectivity index (χ1) is 13.4. The Labute approximate surface area is 171 Å². The Balaban J connectivity index is 1.88. The van der Waals surface area contributed by atoms with E-state index in [4.69, 9.17) is 17.3 Å². The Morgan fingerprint density at radius 3 is 2.71 bits per heavy atom. The lowest BCUT2D eigenvalue weighted by molar-refractivity contribution is -0.384. The molecule has 1 amide bonds. The molecule has 0 spiro atoms. The van der Waals surface area contributed by atoms with Crippen molar-refractivity contribution in [2.24, 2.45) is 0 Å². The molecule has 148 valence electrons. The number of anilines is 1. The summed E-state index contributed by atoms with van der Waals surface area (Å²) >= 11 is 6.39. The van der Waals surface area contributed by atoms with Gasteiger partial charge < -0.3 is 10.0 Å². The maximum Gasteiger partial charge on any atom is 0.303 e. The molecule has 2 aliphatic heterocycles. The first-order valence-corrected chi connectivity index (χ1v) is 10.1. The maximum absolute atomic E-state index is 12.7. The van der Waals surface area contributed by atoms with Crippen LogP contribution in [0.25, 0.3) is 6.08 Å². The third-order valence-corrected chi connectivity index (χ3v) is 5.98. The molecule has 2 fully saturated rings. The highest BCUT2D eigenvalue weighted by molar-refractivity contribution is 8.26. The van der Waals surface area contributed by atoms with Crippen LogP contribution in [0.1, 0.15) is 31.2 Å². The molecule has 0 aromatic heterocycles. The van der Waals surface area contributed by atoms with Gasteiger partial charge in [-0.05, 0) is 31.4 Å². The van der Waals surface area contributed by atoms with Crippen LogP contribution in [0.2, 0.25) is 0 Å². The molecule has 0 radical (unpaired) electrons. The first kappa shape index (κ1) is 20.3. The number of rotatable bonds is 7. The molecule has 0 aliphatic carbocycles. The molecule has 0 unspecified atom stereocenters. The van der Waals surface area contributed by atoms with E-state index in [1.54, 1.807) is 12.1 Å². The fourth-order valence-electron chi connectivity index (χ4n) is 3.24.